The first kappa shape index (κ1) is 21.1. The number of benzene rings is 3. The van der Waals surface area contributed by atoms with Crippen LogP contribution in [0.4, 0.5) is 10.1 Å². The lowest BCUT2D eigenvalue weighted by Crippen LogP contribution is -2.26. The minimum Gasteiger partial charge on any atom is -0.478 e. The molecule has 0 saturated carbocycles. The molecular formula is C22H15BrFNO5S. The van der Waals surface area contributed by atoms with Gasteiger partial charge >= 0.3 is 5.97 Å². The molecule has 3 aromatic carbocycles. The Balaban J connectivity index is 1.89. The van der Waals surface area contributed by atoms with Crippen LogP contribution in [0.15, 0.2) is 80.5 Å². The summed E-state index contributed by atoms with van der Waals surface area (Å²) < 4.78 is 46.6. The van der Waals surface area contributed by atoms with Gasteiger partial charge in [0.15, 0.2) is 0 Å². The standard InChI is InChI=1S/C22H15BrFNO5S/c1-25(31(28,29)15-5-3-2-4-6-15)18-12-19-16(11-17(18)23)20(22(26)27)21(30-19)13-7-9-14(24)10-8-13/h2-12H,1H3,(H,26,27). The zero-order valence-corrected chi connectivity index (χ0v) is 18.4. The lowest BCUT2D eigenvalue weighted by molar-refractivity contribution is 0.0699. The van der Waals surface area contributed by atoms with Gasteiger partial charge in [-0.2, -0.15) is 0 Å². The van der Waals surface area contributed by atoms with Crippen molar-refractivity contribution in [2.75, 3.05) is 11.4 Å². The van der Waals surface area contributed by atoms with E-state index in [-0.39, 0.29) is 32.9 Å². The summed E-state index contributed by atoms with van der Waals surface area (Å²) in [5, 5.41) is 10.0. The summed E-state index contributed by atoms with van der Waals surface area (Å²) in [5.74, 6) is -1.63. The average Bonchev–Trinajstić information content (AvgIpc) is 3.12. The van der Waals surface area contributed by atoms with Gasteiger partial charge in [0.1, 0.15) is 22.7 Å². The second-order valence-corrected chi connectivity index (χ2v) is 9.53. The number of anilines is 1. The van der Waals surface area contributed by atoms with Crippen LogP contribution in [0.2, 0.25) is 0 Å². The fraction of sp³-hybridized carbons (Fsp3) is 0.0455. The van der Waals surface area contributed by atoms with Crippen molar-refractivity contribution in [3.8, 4) is 11.3 Å². The van der Waals surface area contributed by atoms with Crippen molar-refractivity contribution in [1.82, 2.24) is 0 Å². The Morgan fingerprint density at radius 3 is 2.32 bits per heavy atom. The number of hydrogen-bond acceptors (Lipinski definition) is 4. The molecule has 31 heavy (non-hydrogen) atoms. The quantitative estimate of drug-likeness (QED) is 0.387. The number of furan rings is 1. The first-order valence-electron chi connectivity index (χ1n) is 8.99. The molecule has 0 spiro atoms. The molecular weight excluding hydrogens is 489 g/mol. The van der Waals surface area contributed by atoms with Crippen molar-refractivity contribution in [2.45, 2.75) is 4.90 Å². The molecule has 0 aliphatic rings. The van der Waals surface area contributed by atoms with Crippen LogP contribution < -0.4 is 4.31 Å². The number of hydrogen-bond donors (Lipinski definition) is 1. The van der Waals surface area contributed by atoms with Crippen molar-refractivity contribution in [3.05, 3.63) is 82.6 Å². The SMILES string of the molecule is CN(c1cc2oc(-c3ccc(F)cc3)c(C(=O)O)c2cc1Br)S(=O)(=O)c1ccccc1. The van der Waals surface area contributed by atoms with Crippen LogP contribution in [0.1, 0.15) is 10.4 Å². The second-order valence-electron chi connectivity index (χ2n) is 6.70. The average molecular weight is 504 g/mol. The van der Waals surface area contributed by atoms with E-state index in [0.29, 0.717) is 10.0 Å². The number of halogens is 2. The third-order valence-electron chi connectivity index (χ3n) is 4.82. The van der Waals surface area contributed by atoms with E-state index in [2.05, 4.69) is 15.9 Å². The maximum absolute atomic E-state index is 13.3. The fourth-order valence-corrected chi connectivity index (χ4v) is 5.20. The van der Waals surface area contributed by atoms with Gasteiger partial charge in [-0.15, -0.1) is 0 Å². The van der Waals surface area contributed by atoms with E-state index in [9.17, 15) is 22.7 Å². The smallest absolute Gasteiger partial charge is 0.340 e. The topological polar surface area (TPSA) is 87.8 Å². The van der Waals surface area contributed by atoms with Gasteiger partial charge in [0.25, 0.3) is 10.0 Å². The predicted octanol–water partition coefficient (Wildman–Crippen LogP) is 5.52. The third-order valence-corrected chi connectivity index (χ3v) is 7.24. The highest BCUT2D eigenvalue weighted by Gasteiger charge is 2.27. The lowest BCUT2D eigenvalue weighted by atomic mass is 10.1. The number of carboxylic acids is 1. The number of carboxylic acid groups (broad SMARTS) is 1. The number of fused-ring (bicyclic) bond motifs is 1. The van der Waals surface area contributed by atoms with E-state index in [1.54, 1.807) is 18.2 Å². The largest absolute Gasteiger partial charge is 0.478 e. The summed E-state index contributed by atoms with van der Waals surface area (Å²) in [5.41, 5.74) is 0.748. The molecule has 0 aliphatic carbocycles. The normalized spacial score (nSPS) is 11.6. The van der Waals surface area contributed by atoms with Crippen LogP contribution in [0, 0.1) is 5.82 Å². The minimum absolute atomic E-state index is 0.0557. The summed E-state index contributed by atoms with van der Waals surface area (Å²) in [7, 11) is -2.46. The zero-order valence-electron chi connectivity index (χ0n) is 16.0. The lowest BCUT2D eigenvalue weighted by Gasteiger charge is -2.20. The van der Waals surface area contributed by atoms with E-state index >= 15 is 0 Å². The van der Waals surface area contributed by atoms with Gasteiger partial charge in [0, 0.05) is 28.5 Å². The molecule has 0 amide bonds. The zero-order chi connectivity index (χ0) is 22.3. The van der Waals surface area contributed by atoms with Crippen LogP contribution in [0.5, 0.6) is 0 Å². The Hall–Kier alpha value is -3.17. The van der Waals surface area contributed by atoms with Gasteiger partial charge in [0.2, 0.25) is 0 Å². The molecule has 158 valence electrons. The molecule has 6 nitrogen and oxygen atoms in total. The monoisotopic (exact) mass is 503 g/mol. The van der Waals surface area contributed by atoms with E-state index < -0.39 is 21.8 Å². The van der Waals surface area contributed by atoms with Crippen LogP contribution in [-0.2, 0) is 10.0 Å². The molecule has 0 unspecified atom stereocenters. The highest BCUT2D eigenvalue weighted by Crippen LogP contribution is 2.40. The van der Waals surface area contributed by atoms with Crippen LogP contribution in [-0.4, -0.2) is 26.5 Å². The Morgan fingerprint density at radius 2 is 1.71 bits per heavy atom. The Bertz CT molecular complexity index is 1400. The van der Waals surface area contributed by atoms with Crippen LogP contribution >= 0.6 is 15.9 Å². The van der Waals surface area contributed by atoms with Crippen molar-refractivity contribution < 1.29 is 27.1 Å². The van der Waals surface area contributed by atoms with Crippen molar-refractivity contribution in [2.24, 2.45) is 0 Å². The highest BCUT2D eigenvalue weighted by molar-refractivity contribution is 9.10. The fourth-order valence-electron chi connectivity index (χ4n) is 3.24. The molecule has 0 radical (unpaired) electrons. The summed E-state index contributed by atoms with van der Waals surface area (Å²) in [6.45, 7) is 0. The minimum atomic E-state index is -3.86. The Labute approximate surface area is 185 Å². The summed E-state index contributed by atoms with van der Waals surface area (Å²) in [4.78, 5) is 12.1. The number of carbonyl (C=O) groups is 1. The molecule has 0 atom stereocenters. The van der Waals surface area contributed by atoms with Crippen molar-refractivity contribution in [1.29, 1.82) is 0 Å². The molecule has 1 N–H and O–H groups in total. The van der Waals surface area contributed by atoms with E-state index in [4.69, 9.17) is 4.42 Å². The third kappa shape index (κ3) is 3.70. The Morgan fingerprint density at radius 1 is 1.06 bits per heavy atom. The first-order chi connectivity index (χ1) is 14.7. The van der Waals surface area contributed by atoms with Gasteiger partial charge in [-0.25, -0.2) is 17.6 Å². The van der Waals surface area contributed by atoms with E-state index in [1.165, 1.54) is 55.6 Å². The van der Waals surface area contributed by atoms with Gasteiger partial charge in [-0.05, 0) is 58.4 Å². The van der Waals surface area contributed by atoms with Crippen molar-refractivity contribution in [3.63, 3.8) is 0 Å². The first-order valence-corrected chi connectivity index (χ1v) is 11.2. The van der Waals surface area contributed by atoms with Crippen molar-refractivity contribution >= 4 is 48.6 Å². The molecule has 0 aliphatic heterocycles. The number of nitrogens with zero attached hydrogens (tertiary/aromatic N) is 1. The van der Waals surface area contributed by atoms with Gasteiger partial charge < -0.3 is 9.52 Å². The molecule has 4 rings (SSSR count). The maximum Gasteiger partial charge on any atom is 0.340 e. The molecule has 4 aromatic rings. The summed E-state index contributed by atoms with van der Waals surface area (Å²) in [6, 6.07) is 16.1. The van der Waals surface area contributed by atoms with Gasteiger partial charge in [-0.3, -0.25) is 4.31 Å². The summed E-state index contributed by atoms with van der Waals surface area (Å²) >= 11 is 3.35. The van der Waals surface area contributed by atoms with Crippen LogP contribution in [0.3, 0.4) is 0 Å². The molecule has 1 heterocycles. The highest BCUT2D eigenvalue weighted by atomic mass is 79.9. The number of sulfonamides is 1. The van der Waals surface area contributed by atoms with E-state index in [1.807, 2.05) is 0 Å². The molecule has 9 heteroatoms. The molecule has 1 aromatic heterocycles. The molecule has 0 bridgehead atoms. The maximum atomic E-state index is 13.3. The molecule has 0 fully saturated rings. The van der Waals surface area contributed by atoms with Crippen LogP contribution in [0.25, 0.3) is 22.3 Å². The number of aromatic carboxylic acids is 1. The number of rotatable bonds is 5. The predicted molar refractivity (Wildman–Crippen MR) is 118 cm³/mol. The summed E-state index contributed by atoms with van der Waals surface area (Å²) in [6.07, 6.45) is 0. The van der Waals surface area contributed by atoms with Gasteiger partial charge in [-0.1, -0.05) is 18.2 Å². The Kier molecular flexibility index (Phi) is 5.32. The molecule has 0 saturated heterocycles. The van der Waals surface area contributed by atoms with Gasteiger partial charge in [0.05, 0.1) is 10.6 Å². The van der Waals surface area contributed by atoms with E-state index in [0.717, 1.165) is 4.31 Å². The second kappa shape index (κ2) is 7.82.